The maximum absolute atomic E-state index is 13.4. The minimum Gasteiger partial charge on any atom is -0.495 e. The van der Waals surface area contributed by atoms with Crippen LogP contribution in [0.4, 0.5) is 30.6 Å². The van der Waals surface area contributed by atoms with E-state index in [4.69, 9.17) is 9.84 Å². The lowest BCUT2D eigenvalue weighted by Crippen LogP contribution is -2.27. The molecule has 0 bridgehead atoms. The minimum atomic E-state index is -1.16. The van der Waals surface area contributed by atoms with E-state index in [0.717, 1.165) is 22.5 Å². The van der Waals surface area contributed by atoms with Crippen molar-refractivity contribution in [1.82, 2.24) is 0 Å². The number of nitrogens with zero attached hydrogens (tertiary/aromatic N) is 1. The second-order valence-electron chi connectivity index (χ2n) is 6.59. The van der Waals surface area contributed by atoms with E-state index < -0.39 is 29.5 Å². The van der Waals surface area contributed by atoms with Gasteiger partial charge in [0.1, 0.15) is 5.75 Å². The number of urea groups is 1. The van der Waals surface area contributed by atoms with E-state index in [1.54, 1.807) is 0 Å². The summed E-state index contributed by atoms with van der Waals surface area (Å²) < 4.78 is 32.7. The Morgan fingerprint density at radius 2 is 1.58 bits per heavy atom. The maximum atomic E-state index is 13.4. The van der Waals surface area contributed by atoms with Crippen molar-refractivity contribution in [2.75, 3.05) is 22.0 Å². The summed E-state index contributed by atoms with van der Waals surface area (Å²) in [5, 5.41) is 14.1. The number of hydrogen-bond acceptors (Lipinski definition) is 5. The second kappa shape index (κ2) is 10.0. The molecule has 0 heterocycles. The molecule has 0 spiro atoms. The zero-order valence-corrected chi connectivity index (χ0v) is 17.9. The van der Waals surface area contributed by atoms with E-state index >= 15 is 0 Å². The first-order chi connectivity index (χ1) is 15.7. The fraction of sp³-hybridized carbons (Fsp3) is 0.0455. The van der Waals surface area contributed by atoms with Crippen LogP contribution in [-0.4, -0.2) is 30.1 Å². The highest BCUT2D eigenvalue weighted by Crippen LogP contribution is 2.29. The summed E-state index contributed by atoms with van der Waals surface area (Å²) in [5.41, 5.74) is 0.695. The number of amides is 3. The molecular weight excluding hydrogens is 456 g/mol. The van der Waals surface area contributed by atoms with Crippen LogP contribution in [0, 0.1) is 11.6 Å². The Morgan fingerprint density at radius 3 is 2.18 bits per heavy atom. The largest absolute Gasteiger partial charge is 0.495 e. The minimum absolute atomic E-state index is 0.0482. The number of halogens is 2. The zero-order chi connectivity index (χ0) is 24.1. The lowest BCUT2D eigenvalue weighted by Gasteiger charge is -2.18. The maximum Gasteiger partial charge on any atom is 0.336 e. The first-order valence-electron chi connectivity index (χ1n) is 9.27. The summed E-state index contributed by atoms with van der Waals surface area (Å²) in [4.78, 5) is 35.9. The molecule has 0 atom stereocenters. The summed E-state index contributed by atoms with van der Waals surface area (Å²) in [6.45, 7) is 0. The van der Waals surface area contributed by atoms with E-state index in [2.05, 4.69) is 23.4 Å². The van der Waals surface area contributed by atoms with Crippen molar-refractivity contribution in [2.24, 2.45) is 0 Å². The summed E-state index contributed by atoms with van der Waals surface area (Å²) in [6.07, 6.45) is 0. The molecule has 3 N–H and O–H groups in total. The number of carbonyl (C=O) groups excluding carboxylic acids is 2. The van der Waals surface area contributed by atoms with Crippen LogP contribution in [0.2, 0.25) is 0 Å². The van der Waals surface area contributed by atoms with E-state index in [1.807, 2.05) is 0 Å². The number of hydrogen-bond donors (Lipinski definition) is 4. The third-order valence-electron chi connectivity index (χ3n) is 4.43. The van der Waals surface area contributed by atoms with Crippen molar-refractivity contribution in [2.45, 2.75) is 0 Å². The standard InChI is InChI=1S/C22H17F2N3O5S/c1-32-19-9-5-14(25-20(28)13-4-8-16(23)17(24)10-13)11-18(19)26-22(31)27(33)15-6-2-12(3-7-15)21(29)30/h2-11,33H,1H3,(H,25,28)(H,26,31)(H,29,30). The number of methoxy groups -OCH3 is 1. The van der Waals surface area contributed by atoms with Crippen LogP contribution >= 0.6 is 12.8 Å². The first-order valence-corrected chi connectivity index (χ1v) is 9.67. The molecule has 0 saturated heterocycles. The average molecular weight is 473 g/mol. The normalized spacial score (nSPS) is 10.3. The Balaban J connectivity index is 1.77. The summed E-state index contributed by atoms with van der Waals surface area (Å²) in [6, 6.07) is 11.9. The first kappa shape index (κ1) is 23.5. The van der Waals surface area contributed by atoms with Crippen LogP contribution in [0.25, 0.3) is 0 Å². The third kappa shape index (κ3) is 5.57. The Morgan fingerprint density at radius 1 is 0.909 bits per heavy atom. The molecule has 0 aliphatic heterocycles. The van der Waals surface area contributed by atoms with Crippen molar-refractivity contribution < 1.29 is 33.0 Å². The van der Waals surface area contributed by atoms with Gasteiger partial charge in [-0.3, -0.25) is 4.79 Å². The average Bonchev–Trinajstić information content (AvgIpc) is 2.80. The zero-order valence-electron chi connectivity index (χ0n) is 17.0. The Kier molecular flexibility index (Phi) is 7.13. The molecular formula is C22H17F2N3O5S. The highest BCUT2D eigenvalue weighted by atomic mass is 32.1. The molecule has 0 radical (unpaired) electrons. The Hall–Kier alpha value is -4.12. The van der Waals surface area contributed by atoms with Gasteiger partial charge in [0.25, 0.3) is 5.91 Å². The summed E-state index contributed by atoms with van der Waals surface area (Å²) in [7, 11) is 1.38. The van der Waals surface area contributed by atoms with Crippen LogP contribution < -0.4 is 19.7 Å². The van der Waals surface area contributed by atoms with Gasteiger partial charge in [-0.2, -0.15) is 0 Å². The monoisotopic (exact) mass is 473 g/mol. The van der Waals surface area contributed by atoms with Crippen molar-refractivity contribution in [3.63, 3.8) is 0 Å². The number of thiol groups is 1. The number of carboxylic acids is 1. The van der Waals surface area contributed by atoms with E-state index in [1.165, 1.54) is 49.6 Å². The quantitative estimate of drug-likeness (QED) is 0.385. The number of carboxylic acid groups (broad SMARTS) is 1. The van der Waals surface area contributed by atoms with Crippen LogP contribution in [0.1, 0.15) is 20.7 Å². The van der Waals surface area contributed by atoms with Gasteiger partial charge in [-0.1, -0.05) is 12.8 Å². The summed E-state index contributed by atoms with van der Waals surface area (Å²) in [5.74, 6) is -3.75. The highest BCUT2D eigenvalue weighted by molar-refractivity contribution is 7.82. The Bertz CT molecular complexity index is 1220. The lowest BCUT2D eigenvalue weighted by molar-refractivity contribution is 0.0696. The molecule has 3 aromatic rings. The molecule has 0 aliphatic carbocycles. The van der Waals surface area contributed by atoms with Gasteiger partial charge in [-0.25, -0.2) is 22.7 Å². The molecule has 3 aromatic carbocycles. The van der Waals surface area contributed by atoms with E-state index in [9.17, 15) is 23.2 Å². The molecule has 3 rings (SSSR count). The van der Waals surface area contributed by atoms with Crippen LogP contribution in [-0.2, 0) is 0 Å². The van der Waals surface area contributed by atoms with E-state index in [0.29, 0.717) is 5.69 Å². The van der Waals surface area contributed by atoms with Crippen LogP contribution in [0.15, 0.2) is 60.7 Å². The number of anilines is 3. The third-order valence-corrected chi connectivity index (χ3v) is 4.84. The molecule has 0 saturated carbocycles. The van der Waals surface area contributed by atoms with Crippen LogP contribution in [0.5, 0.6) is 5.75 Å². The molecule has 3 amide bonds. The highest BCUT2D eigenvalue weighted by Gasteiger charge is 2.17. The fourth-order valence-corrected chi connectivity index (χ4v) is 2.94. The number of aromatic carboxylic acids is 1. The molecule has 0 fully saturated rings. The SMILES string of the molecule is COc1ccc(NC(=O)c2ccc(F)c(F)c2)cc1NC(=O)N(S)c1ccc(C(=O)O)cc1. The predicted molar refractivity (Wildman–Crippen MR) is 121 cm³/mol. The van der Waals surface area contributed by atoms with Gasteiger partial charge in [0, 0.05) is 11.3 Å². The van der Waals surface area contributed by atoms with Gasteiger partial charge in [0.15, 0.2) is 11.6 Å². The van der Waals surface area contributed by atoms with Crippen molar-refractivity contribution in [1.29, 1.82) is 0 Å². The van der Waals surface area contributed by atoms with Crippen molar-refractivity contribution in [3.05, 3.63) is 83.4 Å². The molecule has 11 heteroatoms. The molecule has 0 aromatic heterocycles. The lowest BCUT2D eigenvalue weighted by atomic mass is 10.2. The van der Waals surface area contributed by atoms with Gasteiger partial charge < -0.3 is 20.5 Å². The number of ether oxygens (including phenoxy) is 1. The topological polar surface area (TPSA) is 108 Å². The second-order valence-corrected chi connectivity index (χ2v) is 6.99. The number of carbonyl (C=O) groups is 3. The van der Waals surface area contributed by atoms with Crippen LogP contribution in [0.3, 0.4) is 0 Å². The number of rotatable bonds is 6. The molecule has 0 aliphatic rings. The van der Waals surface area contributed by atoms with Gasteiger partial charge in [-0.05, 0) is 60.7 Å². The van der Waals surface area contributed by atoms with Crippen molar-refractivity contribution in [3.8, 4) is 5.75 Å². The van der Waals surface area contributed by atoms with E-state index in [-0.39, 0.29) is 28.3 Å². The van der Waals surface area contributed by atoms with Gasteiger partial charge >= 0.3 is 12.0 Å². The number of nitrogens with one attached hydrogen (secondary N) is 2. The predicted octanol–water partition coefficient (Wildman–Crippen LogP) is 4.81. The molecule has 170 valence electrons. The van der Waals surface area contributed by atoms with Crippen molar-refractivity contribution >= 4 is 47.8 Å². The number of benzene rings is 3. The van der Waals surface area contributed by atoms with Gasteiger partial charge in [0.05, 0.1) is 24.0 Å². The smallest absolute Gasteiger partial charge is 0.336 e. The Labute approximate surface area is 192 Å². The summed E-state index contributed by atoms with van der Waals surface area (Å²) >= 11 is 4.14. The van der Waals surface area contributed by atoms with Gasteiger partial charge in [0.2, 0.25) is 0 Å². The van der Waals surface area contributed by atoms with Gasteiger partial charge in [-0.15, -0.1) is 0 Å². The molecule has 0 unspecified atom stereocenters. The fourth-order valence-electron chi connectivity index (χ4n) is 2.75. The molecule has 8 nitrogen and oxygen atoms in total. The molecule has 33 heavy (non-hydrogen) atoms.